The topological polar surface area (TPSA) is 56.3 Å². The van der Waals surface area contributed by atoms with Gasteiger partial charge in [-0.2, -0.15) is 0 Å². The first-order chi connectivity index (χ1) is 9.13. The van der Waals surface area contributed by atoms with Crippen LogP contribution in [0.15, 0.2) is 57.4 Å². The van der Waals surface area contributed by atoms with Gasteiger partial charge in [-0.05, 0) is 24.3 Å². The van der Waals surface area contributed by atoms with Gasteiger partial charge in [-0.25, -0.2) is 0 Å². The quantitative estimate of drug-likeness (QED) is 0.505. The van der Waals surface area contributed by atoms with Crippen LogP contribution in [0.25, 0.3) is 22.3 Å². The Hall–Kier alpha value is -2.14. The lowest BCUT2D eigenvalue weighted by Gasteiger charge is -1.95. The van der Waals surface area contributed by atoms with E-state index in [2.05, 4.69) is 15.9 Å². The third kappa shape index (κ3) is 2.24. The number of nitro groups is 1. The Kier molecular flexibility index (Phi) is 2.83. The first-order valence-corrected chi connectivity index (χ1v) is 6.37. The van der Waals surface area contributed by atoms with Crippen molar-refractivity contribution in [2.24, 2.45) is 0 Å². The minimum Gasteiger partial charge on any atom is -0.456 e. The van der Waals surface area contributed by atoms with Crippen molar-refractivity contribution in [1.29, 1.82) is 0 Å². The number of non-ortho nitro benzene ring substituents is 1. The Morgan fingerprint density at radius 2 is 1.79 bits per heavy atom. The number of hydrogen-bond donors (Lipinski definition) is 0. The Balaban J connectivity index is 2.11. The van der Waals surface area contributed by atoms with Gasteiger partial charge in [0, 0.05) is 27.6 Å². The zero-order chi connectivity index (χ0) is 13.4. The summed E-state index contributed by atoms with van der Waals surface area (Å²) in [6.07, 6.45) is 0. The summed E-state index contributed by atoms with van der Waals surface area (Å²) in [6, 6.07) is 14.1. The largest absolute Gasteiger partial charge is 0.456 e. The third-order valence-electron chi connectivity index (χ3n) is 2.84. The lowest BCUT2D eigenvalue weighted by molar-refractivity contribution is -0.384. The number of hydrogen-bond acceptors (Lipinski definition) is 3. The number of nitrogens with zero attached hydrogens (tertiary/aromatic N) is 1. The van der Waals surface area contributed by atoms with Crippen molar-refractivity contribution in [2.45, 2.75) is 0 Å². The van der Waals surface area contributed by atoms with Gasteiger partial charge in [-0.15, -0.1) is 0 Å². The Morgan fingerprint density at radius 1 is 1.05 bits per heavy atom. The van der Waals surface area contributed by atoms with Gasteiger partial charge in [-0.3, -0.25) is 10.1 Å². The van der Waals surface area contributed by atoms with E-state index < -0.39 is 4.92 Å². The van der Waals surface area contributed by atoms with E-state index in [1.807, 2.05) is 30.3 Å². The number of rotatable bonds is 2. The molecule has 0 aliphatic rings. The van der Waals surface area contributed by atoms with Crippen molar-refractivity contribution >= 4 is 32.6 Å². The molecule has 0 aliphatic heterocycles. The summed E-state index contributed by atoms with van der Waals surface area (Å²) >= 11 is 3.37. The molecule has 0 aliphatic carbocycles. The summed E-state index contributed by atoms with van der Waals surface area (Å²) in [5, 5.41) is 11.5. The van der Waals surface area contributed by atoms with Crippen LogP contribution in [0, 0.1) is 10.1 Å². The van der Waals surface area contributed by atoms with Gasteiger partial charge in [-0.1, -0.05) is 28.1 Å². The zero-order valence-corrected chi connectivity index (χ0v) is 11.3. The summed E-state index contributed by atoms with van der Waals surface area (Å²) in [5.74, 6) is 0.697. The van der Waals surface area contributed by atoms with Crippen LogP contribution in [-0.4, -0.2) is 4.92 Å². The van der Waals surface area contributed by atoms with E-state index in [4.69, 9.17) is 4.42 Å². The molecule has 94 valence electrons. The molecule has 1 aromatic heterocycles. The molecule has 3 aromatic rings. The molecule has 5 heteroatoms. The summed E-state index contributed by atoms with van der Waals surface area (Å²) in [5.41, 5.74) is 1.64. The molecule has 0 fully saturated rings. The Morgan fingerprint density at radius 3 is 2.47 bits per heavy atom. The first kappa shape index (κ1) is 11.9. The van der Waals surface area contributed by atoms with Crippen molar-refractivity contribution < 1.29 is 9.34 Å². The van der Waals surface area contributed by atoms with Gasteiger partial charge in [0.25, 0.3) is 5.69 Å². The molecule has 1 heterocycles. The normalized spacial score (nSPS) is 10.8. The fourth-order valence-corrected chi connectivity index (χ4v) is 2.17. The van der Waals surface area contributed by atoms with Crippen LogP contribution in [0.1, 0.15) is 0 Å². The minimum atomic E-state index is -0.411. The fourth-order valence-electron chi connectivity index (χ4n) is 1.90. The lowest BCUT2D eigenvalue weighted by Crippen LogP contribution is -1.85. The second-order valence-electron chi connectivity index (χ2n) is 4.10. The molecule has 4 nitrogen and oxygen atoms in total. The van der Waals surface area contributed by atoms with Gasteiger partial charge in [0.05, 0.1) is 4.92 Å². The standard InChI is InChI=1S/C14H8BrNO3/c15-11-3-1-9(2-4-11)14-8-10-7-12(16(17)18)5-6-13(10)19-14/h1-8H. The molecule has 0 bridgehead atoms. The van der Waals surface area contributed by atoms with Gasteiger partial charge in [0.15, 0.2) is 0 Å². The van der Waals surface area contributed by atoms with E-state index in [0.717, 1.165) is 15.4 Å². The SMILES string of the molecule is O=[N+]([O-])c1ccc2oc(-c3ccc(Br)cc3)cc2c1. The molecule has 0 saturated carbocycles. The maximum atomic E-state index is 10.7. The predicted octanol–water partition coefficient (Wildman–Crippen LogP) is 4.77. The van der Waals surface area contributed by atoms with Gasteiger partial charge in [0.2, 0.25) is 0 Å². The van der Waals surface area contributed by atoms with Crippen LogP contribution < -0.4 is 0 Å². The van der Waals surface area contributed by atoms with E-state index in [-0.39, 0.29) is 5.69 Å². The highest BCUT2D eigenvalue weighted by molar-refractivity contribution is 9.10. The molecule has 0 N–H and O–H groups in total. The van der Waals surface area contributed by atoms with Crippen LogP contribution >= 0.6 is 15.9 Å². The predicted molar refractivity (Wildman–Crippen MR) is 76.0 cm³/mol. The summed E-state index contributed by atoms with van der Waals surface area (Å²) in [7, 11) is 0. The van der Waals surface area contributed by atoms with E-state index in [1.54, 1.807) is 6.07 Å². The summed E-state index contributed by atoms with van der Waals surface area (Å²) in [4.78, 5) is 10.3. The highest BCUT2D eigenvalue weighted by Gasteiger charge is 2.11. The molecule has 0 spiro atoms. The molecule has 0 unspecified atom stereocenters. The average molecular weight is 318 g/mol. The van der Waals surface area contributed by atoms with Crippen molar-refractivity contribution in [1.82, 2.24) is 0 Å². The van der Waals surface area contributed by atoms with Gasteiger partial charge < -0.3 is 4.42 Å². The van der Waals surface area contributed by atoms with Crippen molar-refractivity contribution in [2.75, 3.05) is 0 Å². The van der Waals surface area contributed by atoms with E-state index in [1.165, 1.54) is 12.1 Å². The molecule has 0 amide bonds. The van der Waals surface area contributed by atoms with Crippen molar-refractivity contribution in [3.8, 4) is 11.3 Å². The molecule has 0 radical (unpaired) electrons. The van der Waals surface area contributed by atoms with E-state index in [9.17, 15) is 10.1 Å². The number of furan rings is 1. The van der Waals surface area contributed by atoms with Crippen LogP contribution in [0.4, 0.5) is 5.69 Å². The van der Waals surface area contributed by atoms with Crippen LogP contribution in [0.5, 0.6) is 0 Å². The van der Waals surface area contributed by atoms with E-state index >= 15 is 0 Å². The monoisotopic (exact) mass is 317 g/mol. The maximum absolute atomic E-state index is 10.7. The fraction of sp³-hybridized carbons (Fsp3) is 0. The number of benzene rings is 2. The van der Waals surface area contributed by atoms with Crippen molar-refractivity contribution in [3.05, 3.63) is 63.1 Å². The molecule has 0 saturated heterocycles. The van der Waals surface area contributed by atoms with Gasteiger partial charge >= 0.3 is 0 Å². The second-order valence-corrected chi connectivity index (χ2v) is 5.01. The minimum absolute atomic E-state index is 0.0654. The third-order valence-corrected chi connectivity index (χ3v) is 3.37. The van der Waals surface area contributed by atoms with E-state index in [0.29, 0.717) is 11.3 Å². The highest BCUT2D eigenvalue weighted by atomic mass is 79.9. The zero-order valence-electron chi connectivity index (χ0n) is 9.67. The van der Waals surface area contributed by atoms with Crippen LogP contribution in [0.3, 0.4) is 0 Å². The smallest absolute Gasteiger partial charge is 0.270 e. The lowest BCUT2D eigenvalue weighted by atomic mass is 10.1. The number of fused-ring (bicyclic) bond motifs is 1. The van der Waals surface area contributed by atoms with Gasteiger partial charge in [0.1, 0.15) is 11.3 Å². The van der Waals surface area contributed by atoms with Crippen LogP contribution in [0.2, 0.25) is 0 Å². The number of halogens is 1. The van der Waals surface area contributed by atoms with Crippen molar-refractivity contribution in [3.63, 3.8) is 0 Å². The maximum Gasteiger partial charge on any atom is 0.270 e. The molecule has 0 atom stereocenters. The molecule has 2 aromatic carbocycles. The number of nitro benzene ring substituents is 1. The molecule has 3 rings (SSSR count). The highest BCUT2D eigenvalue weighted by Crippen LogP contribution is 2.30. The summed E-state index contributed by atoms with van der Waals surface area (Å²) < 4.78 is 6.68. The average Bonchev–Trinajstić information content (AvgIpc) is 2.82. The second kappa shape index (κ2) is 4.51. The Bertz CT molecular complexity index is 762. The summed E-state index contributed by atoms with van der Waals surface area (Å²) in [6.45, 7) is 0. The Labute approximate surface area is 116 Å². The molecular formula is C14H8BrNO3. The first-order valence-electron chi connectivity index (χ1n) is 5.57. The van der Waals surface area contributed by atoms with Crippen LogP contribution in [-0.2, 0) is 0 Å². The molecular weight excluding hydrogens is 310 g/mol. The molecule has 19 heavy (non-hydrogen) atoms.